The maximum Gasteiger partial charge on any atom is 0.265 e. The number of amides is 1. The number of carbonyl (C=O) groups is 1. The average molecular weight is 510 g/mol. The molecule has 156 valence electrons. The van der Waals surface area contributed by atoms with E-state index in [1.165, 1.54) is 31.4 Å². The number of halogens is 2. The molecule has 0 bridgehead atoms. The molecular weight excluding hydrogens is 492 g/mol. The molecule has 6 nitrogen and oxygen atoms in total. The number of sulfonamides is 1. The van der Waals surface area contributed by atoms with Gasteiger partial charge in [-0.05, 0) is 42.0 Å². The van der Waals surface area contributed by atoms with Gasteiger partial charge in [0.2, 0.25) is 0 Å². The lowest BCUT2D eigenvalue weighted by Crippen LogP contribution is -2.25. The van der Waals surface area contributed by atoms with Crippen molar-refractivity contribution >= 4 is 49.1 Å². The number of carbonyl (C=O) groups excluding carboxylic acids is 1. The number of benzene rings is 3. The first-order valence-electron chi connectivity index (χ1n) is 8.78. The molecule has 0 spiro atoms. The van der Waals surface area contributed by atoms with Gasteiger partial charge < -0.3 is 10.1 Å². The van der Waals surface area contributed by atoms with Crippen LogP contribution in [0.25, 0.3) is 0 Å². The zero-order valence-electron chi connectivity index (χ0n) is 15.9. The van der Waals surface area contributed by atoms with E-state index in [9.17, 15) is 13.2 Å². The second-order valence-corrected chi connectivity index (χ2v) is 9.26. The minimum atomic E-state index is -4.07. The Hall–Kier alpha value is -2.55. The minimum Gasteiger partial charge on any atom is -0.495 e. The second-order valence-electron chi connectivity index (χ2n) is 6.26. The van der Waals surface area contributed by atoms with E-state index >= 15 is 0 Å². The molecule has 0 heterocycles. The number of methoxy groups -OCH3 is 1. The first kappa shape index (κ1) is 22.1. The van der Waals surface area contributed by atoms with Gasteiger partial charge in [-0.1, -0.05) is 57.9 Å². The van der Waals surface area contributed by atoms with Crippen LogP contribution in [0.4, 0.5) is 5.69 Å². The third-order valence-corrected chi connectivity index (χ3v) is 6.30. The highest BCUT2D eigenvalue weighted by molar-refractivity contribution is 9.10. The van der Waals surface area contributed by atoms with Crippen molar-refractivity contribution in [1.29, 1.82) is 0 Å². The van der Waals surface area contributed by atoms with E-state index in [-0.39, 0.29) is 26.9 Å². The Morgan fingerprint density at radius 3 is 2.50 bits per heavy atom. The molecule has 3 aromatic carbocycles. The number of nitrogens with one attached hydrogen (secondary N) is 2. The van der Waals surface area contributed by atoms with Crippen LogP contribution in [0.3, 0.4) is 0 Å². The smallest absolute Gasteiger partial charge is 0.265 e. The van der Waals surface area contributed by atoms with E-state index < -0.39 is 15.9 Å². The fraction of sp³-hybridized carbons (Fsp3) is 0.0952. The van der Waals surface area contributed by atoms with Crippen LogP contribution in [-0.4, -0.2) is 21.4 Å². The Bertz CT molecular complexity index is 1170. The van der Waals surface area contributed by atoms with Gasteiger partial charge in [0.25, 0.3) is 15.9 Å². The van der Waals surface area contributed by atoms with Gasteiger partial charge in [0, 0.05) is 16.0 Å². The normalized spacial score (nSPS) is 11.0. The fourth-order valence-corrected chi connectivity index (χ4v) is 4.60. The maximum atomic E-state index is 13.0. The standard InChI is InChI=1S/C21H18BrClN2O4S/c1-29-19-10-8-16(23)12-20(19)30(27,28)25-18-9-7-15(22)11-17(18)21(26)24-13-14-5-3-2-4-6-14/h2-12,25H,13H2,1H3,(H,24,26). The fourth-order valence-electron chi connectivity index (χ4n) is 2.73. The van der Waals surface area contributed by atoms with Crippen LogP contribution in [0.5, 0.6) is 5.75 Å². The number of hydrogen-bond donors (Lipinski definition) is 2. The van der Waals surface area contributed by atoms with Crippen LogP contribution >= 0.6 is 27.5 Å². The van der Waals surface area contributed by atoms with Crippen LogP contribution in [0.1, 0.15) is 15.9 Å². The zero-order valence-corrected chi connectivity index (χ0v) is 19.0. The predicted molar refractivity (Wildman–Crippen MR) is 121 cm³/mol. The summed E-state index contributed by atoms with van der Waals surface area (Å²) < 4.78 is 34.2. The van der Waals surface area contributed by atoms with Gasteiger partial charge in [-0.2, -0.15) is 0 Å². The Kier molecular flexibility index (Phi) is 7.02. The maximum absolute atomic E-state index is 13.0. The molecule has 0 saturated heterocycles. The Balaban J connectivity index is 1.90. The van der Waals surface area contributed by atoms with Crippen molar-refractivity contribution < 1.29 is 17.9 Å². The van der Waals surface area contributed by atoms with Crippen molar-refractivity contribution in [1.82, 2.24) is 5.32 Å². The van der Waals surface area contributed by atoms with Crippen molar-refractivity contribution in [2.45, 2.75) is 11.4 Å². The molecule has 0 unspecified atom stereocenters. The number of anilines is 1. The summed E-state index contributed by atoms with van der Waals surface area (Å²) in [6.45, 7) is 0.306. The first-order valence-corrected chi connectivity index (χ1v) is 11.4. The highest BCUT2D eigenvalue weighted by atomic mass is 79.9. The largest absolute Gasteiger partial charge is 0.495 e. The molecular formula is C21H18BrClN2O4S. The molecule has 0 saturated carbocycles. The van der Waals surface area contributed by atoms with E-state index in [4.69, 9.17) is 16.3 Å². The third-order valence-electron chi connectivity index (χ3n) is 4.18. The topological polar surface area (TPSA) is 84.5 Å². The van der Waals surface area contributed by atoms with Gasteiger partial charge in [0.05, 0.1) is 18.4 Å². The van der Waals surface area contributed by atoms with Crippen molar-refractivity contribution in [2.24, 2.45) is 0 Å². The van der Waals surface area contributed by atoms with E-state index in [1.807, 2.05) is 30.3 Å². The number of ether oxygens (including phenoxy) is 1. The summed E-state index contributed by atoms with van der Waals surface area (Å²) in [6.07, 6.45) is 0. The van der Waals surface area contributed by atoms with Crippen LogP contribution in [0.2, 0.25) is 5.02 Å². The molecule has 0 atom stereocenters. The SMILES string of the molecule is COc1ccc(Cl)cc1S(=O)(=O)Nc1ccc(Br)cc1C(=O)NCc1ccccc1. The molecule has 1 amide bonds. The van der Waals surface area contributed by atoms with Crippen molar-refractivity contribution in [2.75, 3.05) is 11.8 Å². The molecule has 0 fully saturated rings. The Morgan fingerprint density at radius 1 is 1.07 bits per heavy atom. The molecule has 30 heavy (non-hydrogen) atoms. The molecule has 0 aromatic heterocycles. The first-order chi connectivity index (χ1) is 14.3. The van der Waals surface area contributed by atoms with Crippen molar-refractivity contribution in [3.63, 3.8) is 0 Å². The lowest BCUT2D eigenvalue weighted by atomic mass is 10.1. The van der Waals surface area contributed by atoms with Gasteiger partial charge in [0.1, 0.15) is 10.6 Å². The molecule has 0 radical (unpaired) electrons. The molecule has 0 aliphatic rings. The summed E-state index contributed by atoms with van der Waals surface area (Å²) in [5.41, 5.74) is 1.22. The Morgan fingerprint density at radius 2 is 1.80 bits per heavy atom. The summed E-state index contributed by atoms with van der Waals surface area (Å²) >= 11 is 9.29. The number of hydrogen-bond acceptors (Lipinski definition) is 4. The molecule has 3 aromatic rings. The predicted octanol–water partition coefficient (Wildman–Crippen LogP) is 4.84. The van der Waals surface area contributed by atoms with Crippen LogP contribution in [0.15, 0.2) is 76.1 Å². The average Bonchev–Trinajstić information content (AvgIpc) is 2.74. The van der Waals surface area contributed by atoms with Gasteiger partial charge in [0.15, 0.2) is 0 Å². The lowest BCUT2D eigenvalue weighted by Gasteiger charge is -2.15. The highest BCUT2D eigenvalue weighted by Crippen LogP contribution is 2.30. The molecule has 2 N–H and O–H groups in total. The summed E-state index contributed by atoms with van der Waals surface area (Å²) in [5.74, 6) is -0.282. The molecule has 3 rings (SSSR count). The van der Waals surface area contributed by atoms with Crippen molar-refractivity contribution in [3.05, 3.63) is 87.4 Å². The third kappa shape index (κ3) is 5.33. The van der Waals surface area contributed by atoms with E-state index in [2.05, 4.69) is 26.0 Å². The van der Waals surface area contributed by atoms with Crippen molar-refractivity contribution in [3.8, 4) is 5.75 Å². The summed E-state index contributed by atoms with van der Waals surface area (Å²) in [4.78, 5) is 12.6. The molecule has 0 aliphatic heterocycles. The summed E-state index contributed by atoms with van der Waals surface area (Å²) in [5, 5.41) is 3.04. The van der Waals surface area contributed by atoms with Crippen LogP contribution in [0, 0.1) is 0 Å². The van der Waals surface area contributed by atoms with Gasteiger partial charge in [-0.3, -0.25) is 9.52 Å². The summed E-state index contributed by atoms with van der Waals surface area (Å²) in [7, 11) is -2.70. The Labute approximate surface area is 188 Å². The monoisotopic (exact) mass is 508 g/mol. The second kappa shape index (κ2) is 9.51. The van der Waals surface area contributed by atoms with Crippen LogP contribution < -0.4 is 14.8 Å². The molecule has 0 aliphatic carbocycles. The zero-order chi connectivity index (χ0) is 21.7. The van der Waals surface area contributed by atoms with Gasteiger partial charge in [-0.15, -0.1) is 0 Å². The minimum absolute atomic E-state index is 0.129. The lowest BCUT2D eigenvalue weighted by molar-refractivity contribution is 0.0951. The highest BCUT2D eigenvalue weighted by Gasteiger charge is 2.23. The van der Waals surface area contributed by atoms with Gasteiger partial charge in [-0.25, -0.2) is 8.42 Å². The number of rotatable bonds is 7. The van der Waals surface area contributed by atoms with Gasteiger partial charge >= 0.3 is 0 Å². The van der Waals surface area contributed by atoms with E-state index in [0.717, 1.165) is 5.56 Å². The van der Waals surface area contributed by atoms with E-state index in [0.29, 0.717) is 11.0 Å². The molecule has 9 heteroatoms. The van der Waals surface area contributed by atoms with E-state index in [1.54, 1.807) is 12.1 Å². The van der Waals surface area contributed by atoms with Crippen LogP contribution in [-0.2, 0) is 16.6 Å². The summed E-state index contributed by atoms with van der Waals surface area (Å²) in [6, 6.07) is 18.4. The quantitative estimate of drug-likeness (QED) is 0.477.